The van der Waals surface area contributed by atoms with Crippen LogP contribution in [0.15, 0.2) is 16.6 Å². The van der Waals surface area contributed by atoms with E-state index in [4.69, 9.17) is 0 Å². The number of nitrogens with one attached hydrogen (secondary N) is 2. The van der Waals surface area contributed by atoms with Gasteiger partial charge < -0.3 is 10.6 Å². The minimum Gasteiger partial charge on any atom is -0.373 e. The Hall–Kier alpha value is -1.17. The number of anilines is 1. The van der Waals surface area contributed by atoms with Crippen molar-refractivity contribution in [2.24, 2.45) is 0 Å². The van der Waals surface area contributed by atoms with Crippen LogP contribution in [0.25, 0.3) is 0 Å². The zero-order valence-corrected chi connectivity index (χ0v) is 12.0. The fourth-order valence-corrected chi connectivity index (χ4v) is 1.89. The second-order valence-electron chi connectivity index (χ2n) is 4.90. The number of amides is 1. The van der Waals surface area contributed by atoms with Gasteiger partial charge in [-0.25, -0.2) is 8.78 Å². The quantitative estimate of drug-likeness (QED) is 0.898. The second-order valence-corrected chi connectivity index (χ2v) is 5.75. The molecule has 1 rings (SSSR count). The SMILES string of the molecule is CC(C)(C)NC(=O)CNc1c(F)cc(F)cc1Br. The van der Waals surface area contributed by atoms with Gasteiger partial charge in [-0.1, -0.05) is 0 Å². The van der Waals surface area contributed by atoms with Gasteiger partial charge in [0.25, 0.3) is 0 Å². The average molecular weight is 321 g/mol. The zero-order chi connectivity index (χ0) is 13.9. The highest BCUT2D eigenvalue weighted by Crippen LogP contribution is 2.26. The Balaban J connectivity index is 2.67. The molecule has 2 N–H and O–H groups in total. The highest BCUT2D eigenvalue weighted by atomic mass is 79.9. The van der Waals surface area contributed by atoms with Crippen LogP contribution in [-0.2, 0) is 4.79 Å². The van der Waals surface area contributed by atoms with Crippen molar-refractivity contribution in [3.8, 4) is 0 Å². The third kappa shape index (κ3) is 4.60. The molecule has 0 unspecified atom stereocenters. The lowest BCUT2D eigenvalue weighted by Crippen LogP contribution is -2.43. The molecule has 0 fully saturated rings. The normalized spacial score (nSPS) is 11.2. The van der Waals surface area contributed by atoms with Gasteiger partial charge in [0.15, 0.2) is 0 Å². The first-order chi connectivity index (χ1) is 8.19. The molecule has 0 aromatic heterocycles. The summed E-state index contributed by atoms with van der Waals surface area (Å²) in [6.45, 7) is 5.45. The van der Waals surface area contributed by atoms with Crippen LogP contribution in [-0.4, -0.2) is 18.0 Å². The Morgan fingerprint density at radius 1 is 1.33 bits per heavy atom. The Labute approximate surface area is 113 Å². The van der Waals surface area contributed by atoms with Crippen LogP contribution in [0.3, 0.4) is 0 Å². The van der Waals surface area contributed by atoms with Crippen LogP contribution in [0.5, 0.6) is 0 Å². The molecule has 0 aliphatic carbocycles. The van der Waals surface area contributed by atoms with Crippen molar-refractivity contribution >= 4 is 27.5 Å². The molecule has 0 heterocycles. The molecule has 0 spiro atoms. The van der Waals surface area contributed by atoms with Gasteiger partial charge in [0, 0.05) is 16.1 Å². The fourth-order valence-electron chi connectivity index (χ4n) is 1.34. The van der Waals surface area contributed by atoms with Gasteiger partial charge in [0.2, 0.25) is 5.91 Å². The Morgan fingerprint density at radius 2 is 1.94 bits per heavy atom. The summed E-state index contributed by atoms with van der Waals surface area (Å²) in [6.07, 6.45) is 0. The van der Waals surface area contributed by atoms with E-state index in [1.165, 1.54) is 0 Å². The minimum atomic E-state index is -0.745. The smallest absolute Gasteiger partial charge is 0.239 e. The maximum Gasteiger partial charge on any atom is 0.239 e. The highest BCUT2D eigenvalue weighted by molar-refractivity contribution is 9.10. The van der Waals surface area contributed by atoms with Gasteiger partial charge in [-0.2, -0.15) is 0 Å². The number of rotatable bonds is 3. The third-order valence-corrected chi connectivity index (χ3v) is 2.57. The summed E-state index contributed by atoms with van der Waals surface area (Å²) in [4.78, 5) is 11.5. The molecule has 3 nitrogen and oxygen atoms in total. The van der Waals surface area contributed by atoms with E-state index in [0.717, 1.165) is 12.1 Å². The summed E-state index contributed by atoms with van der Waals surface area (Å²) in [7, 11) is 0. The van der Waals surface area contributed by atoms with Crippen LogP contribution in [0.4, 0.5) is 14.5 Å². The maximum absolute atomic E-state index is 13.4. The number of hydrogen-bond acceptors (Lipinski definition) is 2. The van der Waals surface area contributed by atoms with Crippen molar-refractivity contribution < 1.29 is 13.6 Å². The number of hydrogen-bond donors (Lipinski definition) is 2. The van der Waals surface area contributed by atoms with Crippen molar-refractivity contribution in [3.05, 3.63) is 28.2 Å². The molecular weight excluding hydrogens is 306 g/mol. The molecule has 1 aromatic carbocycles. The molecule has 0 saturated carbocycles. The van der Waals surface area contributed by atoms with Crippen molar-refractivity contribution in [3.63, 3.8) is 0 Å². The zero-order valence-electron chi connectivity index (χ0n) is 10.4. The third-order valence-electron chi connectivity index (χ3n) is 1.95. The molecule has 0 aliphatic heterocycles. The molecule has 1 amide bonds. The van der Waals surface area contributed by atoms with Gasteiger partial charge in [-0.05, 0) is 42.8 Å². The average Bonchev–Trinajstić information content (AvgIpc) is 2.12. The van der Waals surface area contributed by atoms with Crippen molar-refractivity contribution in [2.75, 3.05) is 11.9 Å². The molecule has 0 bridgehead atoms. The first-order valence-corrected chi connectivity index (χ1v) is 6.18. The van der Waals surface area contributed by atoms with Crippen molar-refractivity contribution in [2.45, 2.75) is 26.3 Å². The first-order valence-electron chi connectivity index (χ1n) is 5.38. The molecule has 6 heteroatoms. The summed E-state index contributed by atoms with van der Waals surface area (Å²) < 4.78 is 26.5. The number of benzene rings is 1. The summed E-state index contributed by atoms with van der Waals surface area (Å²) in [6, 6.07) is 1.89. The molecule has 0 aliphatic rings. The van der Waals surface area contributed by atoms with Crippen LogP contribution in [0, 0.1) is 11.6 Å². The molecule has 0 saturated heterocycles. The van der Waals surface area contributed by atoms with E-state index in [1.807, 2.05) is 20.8 Å². The monoisotopic (exact) mass is 320 g/mol. The molecule has 0 atom stereocenters. The second kappa shape index (κ2) is 5.65. The van der Waals surface area contributed by atoms with E-state index < -0.39 is 11.6 Å². The van der Waals surface area contributed by atoms with Gasteiger partial charge in [-0.15, -0.1) is 0 Å². The van der Waals surface area contributed by atoms with Crippen molar-refractivity contribution in [1.29, 1.82) is 0 Å². The van der Waals surface area contributed by atoms with E-state index in [1.54, 1.807) is 0 Å². The minimum absolute atomic E-state index is 0.0699. The molecular formula is C12H15BrF2N2O. The standard InChI is InChI=1S/C12H15BrF2N2O/c1-12(2,3)17-10(18)6-16-11-8(13)4-7(14)5-9(11)15/h4-5,16H,6H2,1-3H3,(H,17,18). The lowest BCUT2D eigenvalue weighted by atomic mass is 10.1. The fraction of sp³-hybridized carbons (Fsp3) is 0.417. The van der Waals surface area contributed by atoms with Gasteiger partial charge >= 0.3 is 0 Å². The van der Waals surface area contributed by atoms with Crippen LogP contribution in [0.1, 0.15) is 20.8 Å². The van der Waals surface area contributed by atoms with E-state index in [2.05, 4.69) is 26.6 Å². The first kappa shape index (κ1) is 14.9. The lowest BCUT2D eigenvalue weighted by molar-refractivity contribution is -0.120. The van der Waals surface area contributed by atoms with E-state index in [0.29, 0.717) is 0 Å². The van der Waals surface area contributed by atoms with Gasteiger partial charge in [0.1, 0.15) is 11.6 Å². The molecule has 100 valence electrons. The number of carbonyl (C=O) groups is 1. The molecule has 18 heavy (non-hydrogen) atoms. The van der Waals surface area contributed by atoms with Crippen LogP contribution < -0.4 is 10.6 Å². The summed E-state index contributed by atoms with van der Waals surface area (Å²) in [5, 5.41) is 5.36. The molecule has 0 radical (unpaired) electrons. The Kier molecular flexibility index (Phi) is 4.67. The number of carbonyl (C=O) groups excluding carboxylic acids is 1. The number of halogens is 3. The van der Waals surface area contributed by atoms with Gasteiger partial charge in [0.05, 0.1) is 12.2 Å². The van der Waals surface area contributed by atoms with E-state index in [-0.39, 0.29) is 28.2 Å². The molecule has 1 aromatic rings. The van der Waals surface area contributed by atoms with Gasteiger partial charge in [-0.3, -0.25) is 4.79 Å². The predicted octanol–water partition coefficient (Wildman–Crippen LogP) is 3.05. The van der Waals surface area contributed by atoms with Crippen LogP contribution >= 0.6 is 15.9 Å². The summed E-state index contributed by atoms with van der Waals surface area (Å²) >= 11 is 3.04. The Bertz CT molecular complexity index is 435. The highest BCUT2D eigenvalue weighted by Gasteiger charge is 2.15. The largest absolute Gasteiger partial charge is 0.373 e. The van der Waals surface area contributed by atoms with E-state index in [9.17, 15) is 13.6 Å². The maximum atomic E-state index is 13.4. The lowest BCUT2D eigenvalue weighted by Gasteiger charge is -2.21. The topological polar surface area (TPSA) is 41.1 Å². The summed E-state index contributed by atoms with van der Waals surface area (Å²) in [5.74, 6) is -1.69. The predicted molar refractivity (Wildman–Crippen MR) is 70.4 cm³/mol. The van der Waals surface area contributed by atoms with Crippen molar-refractivity contribution in [1.82, 2.24) is 5.32 Å². The van der Waals surface area contributed by atoms with Crippen LogP contribution in [0.2, 0.25) is 0 Å². The Morgan fingerprint density at radius 3 is 2.44 bits per heavy atom. The summed E-state index contributed by atoms with van der Waals surface area (Å²) in [5.41, 5.74) is -0.280. The van der Waals surface area contributed by atoms with E-state index >= 15 is 0 Å².